The third-order valence-electron chi connectivity index (χ3n) is 4.32. The van der Waals surface area contributed by atoms with Gasteiger partial charge in [0.15, 0.2) is 11.5 Å². The highest BCUT2D eigenvalue weighted by atomic mass is 16.7. The maximum absolute atomic E-state index is 12.4. The number of nitrogens with one attached hydrogen (secondary N) is 2. The Hall–Kier alpha value is -3.61. The van der Waals surface area contributed by atoms with E-state index in [1.807, 2.05) is 36.4 Å². The molecule has 0 fully saturated rings. The molecule has 142 valence electrons. The summed E-state index contributed by atoms with van der Waals surface area (Å²) in [5.74, 6) is 1.59. The fourth-order valence-electron chi connectivity index (χ4n) is 2.86. The molecule has 7 heteroatoms. The van der Waals surface area contributed by atoms with Gasteiger partial charge in [-0.1, -0.05) is 36.4 Å². The van der Waals surface area contributed by atoms with E-state index in [1.165, 1.54) is 5.56 Å². The van der Waals surface area contributed by atoms with Crippen molar-refractivity contribution in [1.82, 2.24) is 15.3 Å². The fraction of sp³-hybridized carbons (Fsp3) is 0.190. The van der Waals surface area contributed by atoms with Gasteiger partial charge in [-0.25, -0.2) is 9.97 Å². The van der Waals surface area contributed by atoms with Crippen LogP contribution in [0.1, 0.15) is 21.6 Å². The van der Waals surface area contributed by atoms with Crippen molar-refractivity contribution in [3.63, 3.8) is 0 Å². The summed E-state index contributed by atoms with van der Waals surface area (Å²) in [5.41, 5.74) is 2.47. The lowest BCUT2D eigenvalue weighted by molar-refractivity contribution is 0.0946. The van der Waals surface area contributed by atoms with Crippen molar-refractivity contribution in [2.24, 2.45) is 0 Å². The molecule has 0 radical (unpaired) electrons. The van der Waals surface area contributed by atoms with E-state index in [0.717, 1.165) is 17.7 Å². The van der Waals surface area contributed by atoms with Crippen LogP contribution >= 0.6 is 0 Å². The van der Waals surface area contributed by atoms with Gasteiger partial charge in [-0.2, -0.15) is 0 Å². The van der Waals surface area contributed by atoms with Gasteiger partial charge in [0.25, 0.3) is 5.91 Å². The number of hydrogen-bond donors (Lipinski definition) is 2. The van der Waals surface area contributed by atoms with Crippen molar-refractivity contribution in [1.29, 1.82) is 0 Å². The minimum Gasteiger partial charge on any atom is -0.454 e. The highest BCUT2D eigenvalue weighted by Gasteiger charge is 2.14. The Balaban J connectivity index is 1.31. The molecule has 1 aliphatic heterocycles. The first kappa shape index (κ1) is 17.8. The van der Waals surface area contributed by atoms with E-state index in [9.17, 15) is 4.79 Å². The van der Waals surface area contributed by atoms with Gasteiger partial charge < -0.3 is 20.1 Å². The maximum atomic E-state index is 12.4. The molecule has 2 aromatic carbocycles. The lowest BCUT2D eigenvalue weighted by atomic mass is 10.1. The van der Waals surface area contributed by atoms with Crippen LogP contribution in [-0.4, -0.2) is 29.2 Å². The Morgan fingerprint density at radius 1 is 1.00 bits per heavy atom. The van der Waals surface area contributed by atoms with E-state index in [1.54, 1.807) is 12.3 Å². The van der Waals surface area contributed by atoms with Crippen molar-refractivity contribution in [2.45, 2.75) is 13.0 Å². The highest BCUT2D eigenvalue weighted by molar-refractivity contribution is 5.92. The van der Waals surface area contributed by atoms with E-state index in [-0.39, 0.29) is 12.7 Å². The van der Waals surface area contributed by atoms with Gasteiger partial charge in [0.05, 0.1) is 0 Å². The number of carbonyl (C=O) groups is 1. The molecular formula is C21H20N4O3. The topological polar surface area (TPSA) is 85.4 Å². The van der Waals surface area contributed by atoms with Crippen LogP contribution in [0.25, 0.3) is 0 Å². The summed E-state index contributed by atoms with van der Waals surface area (Å²) in [6.07, 6.45) is 2.43. The molecule has 0 aliphatic carbocycles. The molecule has 0 saturated heterocycles. The first-order chi connectivity index (χ1) is 13.8. The van der Waals surface area contributed by atoms with Crippen LogP contribution in [0.3, 0.4) is 0 Å². The normalized spacial score (nSPS) is 11.9. The minimum absolute atomic E-state index is 0.228. The van der Waals surface area contributed by atoms with E-state index < -0.39 is 0 Å². The maximum Gasteiger partial charge on any atom is 0.270 e. The number of anilines is 1. The second-order valence-corrected chi connectivity index (χ2v) is 6.30. The monoisotopic (exact) mass is 376 g/mol. The largest absolute Gasteiger partial charge is 0.454 e. The molecule has 7 nitrogen and oxygen atoms in total. The summed E-state index contributed by atoms with van der Waals surface area (Å²) >= 11 is 0. The molecule has 0 bridgehead atoms. The minimum atomic E-state index is -0.258. The second kappa shape index (κ2) is 8.39. The van der Waals surface area contributed by atoms with Crippen LogP contribution in [0.2, 0.25) is 0 Å². The fourth-order valence-corrected chi connectivity index (χ4v) is 2.86. The summed E-state index contributed by atoms with van der Waals surface area (Å²) in [7, 11) is 0. The third kappa shape index (κ3) is 4.37. The van der Waals surface area contributed by atoms with Crippen molar-refractivity contribution in [2.75, 3.05) is 18.7 Å². The first-order valence-corrected chi connectivity index (χ1v) is 9.05. The molecule has 28 heavy (non-hydrogen) atoms. The molecule has 1 aromatic heterocycles. The number of fused-ring (bicyclic) bond motifs is 1. The van der Waals surface area contributed by atoms with E-state index >= 15 is 0 Å². The predicted octanol–water partition coefficient (Wildman–Crippen LogP) is 2.79. The van der Waals surface area contributed by atoms with Gasteiger partial charge in [-0.15, -0.1) is 0 Å². The number of benzene rings is 2. The van der Waals surface area contributed by atoms with E-state index in [4.69, 9.17) is 9.47 Å². The van der Waals surface area contributed by atoms with Crippen molar-refractivity contribution in [3.05, 3.63) is 77.6 Å². The molecule has 2 N–H and O–H groups in total. The van der Waals surface area contributed by atoms with Gasteiger partial charge in [0, 0.05) is 19.3 Å². The number of carbonyl (C=O) groups excluding carboxylic acids is 1. The quantitative estimate of drug-likeness (QED) is 0.660. The van der Waals surface area contributed by atoms with E-state index in [2.05, 4.69) is 32.7 Å². The highest BCUT2D eigenvalue weighted by Crippen LogP contribution is 2.32. The van der Waals surface area contributed by atoms with Crippen molar-refractivity contribution in [3.8, 4) is 11.5 Å². The molecule has 0 spiro atoms. The van der Waals surface area contributed by atoms with Crippen LogP contribution in [0.5, 0.6) is 11.5 Å². The van der Waals surface area contributed by atoms with Crippen LogP contribution in [0.4, 0.5) is 5.95 Å². The molecular weight excluding hydrogens is 356 g/mol. The standard InChI is InChI=1S/C21H20N4O3/c26-20(24-13-16-6-7-18-19(12-16)28-14-27-18)17-9-11-23-21(25-17)22-10-8-15-4-2-1-3-5-15/h1-7,9,11-12H,8,10,13-14H2,(H,24,26)(H,22,23,25). The van der Waals surface area contributed by atoms with Gasteiger partial charge in [0.2, 0.25) is 12.7 Å². The molecule has 4 rings (SSSR count). The van der Waals surface area contributed by atoms with E-state index in [0.29, 0.717) is 30.5 Å². The Morgan fingerprint density at radius 2 is 1.86 bits per heavy atom. The number of hydrogen-bond acceptors (Lipinski definition) is 6. The van der Waals surface area contributed by atoms with Gasteiger partial charge in [-0.3, -0.25) is 4.79 Å². The Bertz CT molecular complexity index is 963. The summed E-state index contributed by atoms with van der Waals surface area (Å²) in [6.45, 7) is 1.29. The molecule has 0 saturated carbocycles. The summed E-state index contributed by atoms with van der Waals surface area (Å²) in [6, 6.07) is 17.3. The number of amides is 1. The lowest BCUT2D eigenvalue weighted by Gasteiger charge is -2.08. The Morgan fingerprint density at radius 3 is 2.75 bits per heavy atom. The molecule has 1 aliphatic rings. The third-order valence-corrected chi connectivity index (χ3v) is 4.32. The van der Waals surface area contributed by atoms with Crippen LogP contribution in [0.15, 0.2) is 60.8 Å². The lowest BCUT2D eigenvalue weighted by Crippen LogP contribution is -2.24. The number of ether oxygens (including phenoxy) is 2. The summed E-state index contributed by atoms with van der Waals surface area (Å²) < 4.78 is 10.6. The number of rotatable bonds is 7. The average Bonchev–Trinajstić information content (AvgIpc) is 3.21. The first-order valence-electron chi connectivity index (χ1n) is 9.05. The zero-order valence-electron chi connectivity index (χ0n) is 15.2. The van der Waals surface area contributed by atoms with Crippen LogP contribution < -0.4 is 20.1 Å². The molecule has 2 heterocycles. The van der Waals surface area contributed by atoms with Gasteiger partial charge >= 0.3 is 0 Å². The average molecular weight is 376 g/mol. The van der Waals surface area contributed by atoms with Crippen LogP contribution in [0, 0.1) is 0 Å². The molecule has 0 unspecified atom stereocenters. The van der Waals surface area contributed by atoms with Gasteiger partial charge in [0.1, 0.15) is 5.69 Å². The molecule has 0 atom stereocenters. The zero-order valence-corrected chi connectivity index (χ0v) is 15.2. The Labute approximate surface area is 162 Å². The van der Waals surface area contributed by atoms with Crippen molar-refractivity contribution < 1.29 is 14.3 Å². The molecule has 3 aromatic rings. The zero-order chi connectivity index (χ0) is 19.2. The van der Waals surface area contributed by atoms with Gasteiger partial charge in [-0.05, 0) is 35.7 Å². The number of nitrogens with zero attached hydrogens (tertiary/aromatic N) is 2. The summed E-state index contributed by atoms with van der Waals surface area (Å²) in [5, 5.41) is 6.02. The number of aromatic nitrogens is 2. The SMILES string of the molecule is O=C(NCc1ccc2c(c1)OCO2)c1ccnc(NCCc2ccccc2)n1. The van der Waals surface area contributed by atoms with Crippen molar-refractivity contribution >= 4 is 11.9 Å². The second-order valence-electron chi connectivity index (χ2n) is 6.30. The van der Waals surface area contributed by atoms with Crippen LogP contribution in [-0.2, 0) is 13.0 Å². The molecule has 1 amide bonds. The Kier molecular flexibility index (Phi) is 5.33. The predicted molar refractivity (Wildman–Crippen MR) is 104 cm³/mol. The summed E-state index contributed by atoms with van der Waals surface area (Å²) in [4.78, 5) is 20.9. The smallest absolute Gasteiger partial charge is 0.270 e.